The number of hydrogen-bond acceptors (Lipinski definition) is 2. The lowest BCUT2D eigenvalue weighted by molar-refractivity contribution is 0.0697. The molecule has 0 aliphatic heterocycles. The first-order valence-electron chi connectivity index (χ1n) is 5.05. The summed E-state index contributed by atoms with van der Waals surface area (Å²) < 4.78 is 0.724. The molecule has 0 atom stereocenters. The number of carbonyl (C=O) groups is 2. The predicted molar refractivity (Wildman–Crippen MR) is 73.3 cm³/mol. The van der Waals surface area contributed by atoms with E-state index < -0.39 is 5.97 Å². The molecule has 0 aliphatic rings. The number of rotatable bonds is 2. The molecular formula is C12H14INO3. The van der Waals surface area contributed by atoms with Crippen molar-refractivity contribution in [1.82, 2.24) is 5.32 Å². The van der Waals surface area contributed by atoms with Crippen molar-refractivity contribution in [1.29, 1.82) is 0 Å². The molecule has 1 amide bonds. The first-order chi connectivity index (χ1) is 7.69. The summed E-state index contributed by atoms with van der Waals surface area (Å²) in [5, 5.41) is 11.7. The molecule has 2 N–H and O–H groups in total. The second kappa shape index (κ2) is 5.03. The van der Waals surface area contributed by atoms with Crippen LogP contribution in [-0.4, -0.2) is 22.5 Å². The SMILES string of the molecule is CC(C)(C)NC(=O)c1cc(I)cc(C(=O)O)c1. The largest absolute Gasteiger partial charge is 0.478 e. The molecule has 17 heavy (non-hydrogen) atoms. The Morgan fingerprint density at radius 3 is 2.18 bits per heavy atom. The van der Waals surface area contributed by atoms with Crippen LogP contribution in [0.1, 0.15) is 41.5 Å². The van der Waals surface area contributed by atoms with Gasteiger partial charge >= 0.3 is 5.97 Å². The molecule has 1 rings (SSSR count). The minimum atomic E-state index is -1.03. The number of carboxylic acid groups (broad SMARTS) is 1. The van der Waals surface area contributed by atoms with E-state index in [2.05, 4.69) is 5.32 Å². The zero-order chi connectivity index (χ0) is 13.2. The average molecular weight is 347 g/mol. The maximum atomic E-state index is 11.9. The van der Waals surface area contributed by atoms with E-state index >= 15 is 0 Å². The highest BCUT2D eigenvalue weighted by molar-refractivity contribution is 14.1. The Labute approximate surface area is 114 Å². The first-order valence-corrected chi connectivity index (χ1v) is 6.13. The molecule has 0 unspecified atom stereocenters. The number of halogens is 1. The number of aromatic carboxylic acids is 1. The summed E-state index contributed by atoms with van der Waals surface area (Å²) >= 11 is 1.99. The zero-order valence-electron chi connectivity index (χ0n) is 9.87. The quantitative estimate of drug-likeness (QED) is 0.808. The third kappa shape index (κ3) is 4.33. The Hall–Kier alpha value is -1.11. The Balaban J connectivity index is 3.06. The number of carboxylic acids is 1. The van der Waals surface area contributed by atoms with E-state index in [0.717, 1.165) is 3.57 Å². The highest BCUT2D eigenvalue weighted by Gasteiger charge is 2.17. The van der Waals surface area contributed by atoms with Crippen molar-refractivity contribution in [3.63, 3.8) is 0 Å². The number of benzene rings is 1. The van der Waals surface area contributed by atoms with Crippen LogP contribution >= 0.6 is 22.6 Å². The van der Waals surface area contributed by atoms with Crippen LogP contribution < -0.4 is 5.32 Å². The number of hydrogen-bond donors (Lipinski definition) is 2. The van der Waals surface area contributed by atoms with Crippen LogP contribution in [0.5, 0.6) is 0 Å². The molecule has 0 heterocycles. The molecule has 92 valence electrons. The van der Waals surface area contributed by atoms with Gasteiger partial charge in [-0.2, -0.15) is 0 Å². The van der Waals surface area contributed by atoms with Crippen LogP contribution in [0, 0.1) is 3.57 Å². The summed E-state index contributed by atoms with van der Waals surface area (Å²) in [6.07, 6.45) is 0. The topological polar surface area (TPSA) is 66.4 Å². The minimum absolute atomic E-state index is 0.121. The van der Waals surface area contributed by atoms with Gasteiger partial charge in [-0.15, -0.1) is 0 Å². The Bertz CT molecular complexity index is 463. The van der Waals surface area contributed by atoms with Crippen molar-refractivity contribution in [2.45, 2.75) is 26.3 Å². The van der Waals surface area contributed by atoms with Crippen molar-refractivity contribution in [3.05, 3.63) is 32.9 Å². The lowest BCUT2D eigenvalue weighted by Crippen LogP contribution is -2.40. The molecule has 0 fully saturated rings. The number of nitrogens with one attached hydrogen (secondary N) is 1. The van der Waals surface area contributed by atoms with E-state index in [1.54, 1.807) is 6.07 Å². The van der Waals surface area contributed by atoms with E-state index in [1.807, 2.05) is 43.4 Å². The van der Waals surface area contributed by atoms with Crippen LogP contribution in [0.4, 0.5) is 0 Å². The standard InChI is InChI=1S/C12H14INO3/c1-12(2,3)14-10(15)7-4-8(11(16)17)6-9(13)5-7/h4-6H,1-3H3,(H,14,15)(H,16,17). The normalized spacial score (nSPS) is 11.1. The second-order valence-electron chi connectivity index (χ2n) is 4.74. The Morgan fingerprint density at radius 1 is 1.18 bits per heavy atom. The molecule has 0 aliphatic carbocycles. The third-order valence-corrected chi connectivity index (χ3v) is 2.52. The van der Waals surface area contributed by atoms with Crippen LogP contribution in [0.3, 0.4) is 0 Å². The average Bonchev–Trinajstić information content (AvgIpc) is 2.13. The van der Waals surface area contributed by atoms with Crippen molar-refractivity contribution < 1.29 is 14.7 Å². The maximum Gasteiger partial charge on any atom is 0.335 e. The van der Waals surface area contributed by atoms with Gasteiger partial charge in [0.15, 0.2) is 0 Å². The summed E-state index contributed by atoms with van der Waals surface area (Å²) in [4.78, 5) is 22.8. The highest BCUT2D eigenvalue weighted by Crippen LogP contribution is 2.14. The smallest absolute Gasteiger partial charge is 0.335 e. The molecule has 0 spiro atoms. The predicted octanol–water partition coefficient (Wildman–Crippen LogP) is 2.52. The molecule has 0 radical (unpaired) electrons. The summed E-state index contributed by atoms with van der Waals surface area (Å²) in [5.41, 5.74) is 0.141. The highest BCUT2D eigenvalue weighted by atomic mass is 127. The van der Waals surface area contributed by atoms with E-state index in [9.17, 15) is 9.59 Å². The van der Waals surface area contributed by atoms with Gasteiger partial charge in [0.05, 0.1) is 5.56 Å². The van der Waals surface area contributed by atoms with Gasteiger partial charge < -0.3 is 10.4 Å². The van der Waals surface area contributed by atoms with Gasteiger partial charge in [0, 0.05) is 14.7 Å². The Kier molecular flexibility index (Phi) is 4.13. The second-order valence-corrected chi connectivity index (χ2v) is 5.98. The summed E-state index contributed by atoms with van der Waals surface area (Å²) in [5.74, 6) is -1.30. The third-order valence-electron chi connectivity index (χ3n) is 1.90. The van der Waals surface area contributed by atoms with Gasteiger partial charge in [0.25, 0.3) is 5.91 Å². The molecule has 0 saturated carbocycles. The van der Waals surface area contributed by atoms with Crippen molar-refractivity contribution in [2.75, 3.05) is 0 Å². The van der Waals surface area contributed by atoms with Gasteiger partial charge in [0.1, 0.15) is 0 Å². The molecule has 4 nitrogen and oxygen atoms in total. The molecule has 1 aromatic carbocycles. The lowest BCUT2D eigenvalue weighted by atomic mass is 10.1. The molecular weight excluding hydrogens is 333 g/mol. The van der Waals surface area contributed by atoms with Crippen molar-refractivity contribution in [3.8, 4) is 0 Å². The van der Waals surface area contributed by atoms with Gasteiger partial charge in [-0.3, -0.25) is 4.79 Å². The van der Waals surface area contributed by atoms with Crippen LogP contribution in [0.15, 0.2) is 18.2 Å². The van der Waals surface area contributed by atoms with Gasteiger partial charge in [-0.1, -0.05) is 0 Å². The Morgan fingerprint density at radius 2 is 1.71 bits per heavy atom. The summed E-state index contributed by atoms with van der Waals surface area (Å²) in [6, 6.07) is 4.57. The first kappa shape index (κ1) is 14.0. The van der Waals surface area contributed by atoms with E-state index in [1.165, 1.54) is 12.1 Å². The van der Waals surface area contributed by atoms with Crippen molar-refractivity contribution >= 4 is 34.5 Å². The monoisotopic (exact) mass is 347 g/mol. The van der Waals surface area contributed by atoms with Gasteiger partial charge in [-0.05, 0) is 61.6 Å². The van der Waals surface area contributed by atoms with Crippen molar-refractivity contribution in [2.24, 2.45) is 0 Å². The van der Waals surface area contributed by atoms with Crippen LogP contribution in [0.25, 0.3) is 0 Å². The van der Waals surface area contributed by atoms with E-state index in [0.29, 0.717) is 5.56 Å². The summed E-state index contributed by atoms with van der Waals surface area (Å²) in [7, 11) is 0. The lowest BCUT2D eigenvalue weighted by Gasteiger charge is -2.20. The van der Waals surface area contributed by atoms with E-state index in [4.69, 9.17) is 5.11 Å². The molecule has 0 saturated heterocycles. The molecule has 0 aromatic heterocycles. The zero-order valence-corrected chi connectivity index (χ0v) is 12.0. The van der Waals surface area contributed by atoms with Gasteiger partial charge in [0.2, 0.25) is 0 Å². The maximum absolute atomic E-state index is 11.9. The van der Waals surface area contributed by atoms with Gasteiger partial charge in [-0.25, -0.2) is 4.79 Å². The minimum Gasteiger partial charge on any atom is -0.478 e. The number of amides is 1. The van der Waals surface area contributed by atoms with E-state index in [-0.39, 0.29) is 17.0 Å². The van der Waals surface area contributed by atoms with Crippen LogP contribution in [-0.2, 0) is 0 Å². The fourth-order valence-electron chi connectivity index (χ4n) is 1.26. The number of carbonyl (C=O) groups excluding carboxylic acids is 1. The molecule has 0 bridgehead atoms. The van der Waals surface area contributed by atoms with Crippen LogP contribution in [0.2, 0.25) is 0 Å². The summed E-state index contributed by atoms with van der Waals surface area (Å²) in [6.45, 7) is 5.62. The molecule has 1 aromatic rings. The fourth-order valence-corrected chi connectivity index (χ4v) is 1.93. The molecule has 5 heteroatoms. The fraction of sp³-hybridized carbons (Fsp3) is 0.333.